The summed E-state index contributed by atoms with van der Waals surface area (Å²) >= 11 is 0. The number of anilines is 1. The van der Waals surface area contributed by atoms with Crippen molar-refractivity contribution in [1.29, 1.82) is 0 Å². The number of hydrogen-bond acceptors (Lipinski definition) is 6. The first-order valence-electron chi connectivity index (χ1n) is 16.0. The van der Waals surface area contributed by atoms with E-state index in [9.17, 15) is 14.0 Å². The summed E-state index contributed by atoms with van der Waals surface area (Å²) in [6, 6.07) is 22.0. The van der Waals surface area contributed by atoms with E-state index < -0.39 is 5.82 Å². The molecule has 238 valence electrons. The summed E-state index contributed by atoms with van der Waals surface area (Å²) in [6.45, 7) is 5.65. The van der Waals surface area contributed by atoms with Crippen molar-refractivity contribution in [3.63, 3.8) is 0 Å². The van der Waals surface area contributed by atoms with Gasteiger partial charge in [0, 0.05) is 62.6 Å². The Morgan fingerprint density at radius 3 is 2.46 bits per heavy atom. The van der Waals surface area contributed by atoms with Crippen LogP contribution in [0.4, 0.5) is 10.2 Å². The molecule has 46 heavy (non-hydrogen) atoms. The number of aryl methyl sites for hydroxylation is 1. The average Bonchev–Trinajstić information content (AvgIpc) is 3.09. The fourth-order valence-corrected chi connectivity index (χ4v) is 6.60. The molecule has 2 aliphatic heterocycles. The number of carbonyl (C=O) groups excluding carboxylic acids is 2. The van der Waals surface area contributed by atoms with Crippen molar-refractivity contribution < 1.29 is 18.7 Å². The third-order valence-corrected chi connectivity index (χ3v) is 9.20. The first-order chi connectivity index (χ1) is 22.4. The van der Waals surface area contributed by atoms with E-state index in [1.165, 1.54) is 12.1 Å². The molecule has 0 aliphatic carbocycles. The summed E-state index contributed by atoms with van der Waals surface area (Å²) in [7, 11) is 0. The summed E-state index contributed by atoms with van der Waals surface area (Å²) < 4.78 is 20.6. The number of aromatic nitrogens is 2. The number of para-hydroxylation sites is 1. The zero-order chi connectivity index (χ0) is 31.9. The van der Waals surface area contributed by atoms with E-state index in [2.05, 4.69) is 14.9 Å². The van der Waals surface area contributed by atoms with E-state index in [0.717, 1.165) is 49.2 Å². The minimum Gasteiger partial charge on any atom is -0.492 e. The molecule has 2 amide bonds. The van der Waals surface area contributed by atoms with E-state index >= 15 is 0 Å². The second kappa shape index (κ2) is 14.1. The first kappa shape index (κ1) is 31.2. The lowest BCUT2D eigenvalue weighted by molar-refractivity contribution is 0.0363. The van der Waals surface area contributed by atoms with Gasteiger partial charge in [0.2, 0.25) is 0 Å². The van der Waals surface area contributed by atoms with Crippen LogP contribution in [0.2, 0.25) is 0 Å². The highest BCUT2D eigenvalue weighted by atomic mass is 19.1. The van der Waals surface area contributed by atoms with Crippen molar-refractivity contribution in [2.75, 3.05) is 44.2 Å². The number of fused-ring (bicyclic) bond motifs is 1. The molecule has 0 saturated carbocycles. The Morgan fingerprint density at radius 1 is 0.913 bits per heavy atom. The summed E-state index contributed by atoms with van der Waals surface area (Å²) in [5.74, 6) is 0.720. The van der Waals surface area contributed by atoms with Gasteiger partial charge in [-0.3, -0.25) is 14.6 Å². The zero-order valence-electron chi connectivity index (χ0n) is 26.3. The SMILES string of the molecule is Cc1cc(F)cc(C(=O)N2CCC3(CCCN(c4cnccn4)CCN(Cc4ccccc4)C(=O)c4ccccc4OC3)CC2)c1. The van der Waals surface area contributed by atoms with Crippen LogP contribution in [-0.2, 0) is 6.54 Å². The quantitative estimate of drug-likeness (QED) is 0.271. The molecule has 9 heteroatoms. The van der Waals surface area contributed by atoms with Crippen molar-refractivity contribution in [2.45, 2.75) is 39.2 Å². The van der Waals surface area contributed by atoms with Crippen LogP contribution >= 0.6 is 0 Å². The standard InChI is InChI=1S/C37H40FN5O3/c1-28-22-30(24-31(38)23-28)35(44)42-18-13-37(14-19-42)12-7-17-41(34-25-39-15-16-40-34)20-21-43(26-29-8-3-2-4-9-29)36(45)32-10-5-6-11-33(32)46-27-37/h2-6,8-11,15-16,22-25H,7,12-14,17-21,26-27H2,1H3. The van der Waals surface area contributed by atoms with Gasteiger partial charge in [-0.2, -0.15) is 0 Å². The minimum absolute atomic E-state index is 0.0855. The van der Waals surface area contributed by atoms with Crippen LogP contribution < -0.4 is 9.64 Å². The highest BCUT2D eigenvalue weighted by molar-refractivity contribution is 5.97. The molecule has 6 rings (SSSR count). The minimum atomic E-state index is -0.399. The highest BCUT2D eigenvalue weighted by Crippen LogP contribution is 2.38. The van der Waals surface area contributed by atoms with Crippen LogP contribution in [0, 0.1) is 18.2 Å². The summed E-state index contributed by atoms with van der Waals surface area (Å²) in [5.41, 5.74) is 2.50. The summed E-state index contributed by atoms with van der Waals surface area (Å²) in [6.07, 6.45) is 8.39. The topological polar surface area (TPSA) is 78.9 Å². The van der Waals surface area contributed by atoms with Gasteiger partial charge in [0.15, 0.2) is 0 Å². The molecule has 3 heterocycles. The van der Waals surface area contributed by atoms with Gasteiger partial charge in [-0.15, -0.1) is 0 Å². The number of hydrogen-bond donors (Lipinski definition) is 0. The van der Waals surface area contributed by atoms with Gasteiger partial charge in [0.1, 0.15) is 17.4 Å². The molecule has 1 saturated heterocycles. The molecule has 0 unspecified atom stereocenters. The van der Waals surface area contributed by atoms with Crippen molar-refractivity contribution in [2.24, 2.45) is 5.41 Å². The maximum absolute atomic E-state index is 14.2. The van der Waals surface area contributed by atoms with E-state index in [4.69, 9.17) is 4.74 Å². The predicted octanol–water partition coefficient (Wildman–Crippen LogP) is 6.17. The third kappa shape index (κ3) is 7.36. The van der Waals surface area contributed by atoms with Crippen molar-refractivity contribution in [1.82, 2.24) is 19.8 Å². The number of nitrogens with zero attached hydrogens (tertiary/aromatic N) is 5. The largest absolute Gasteiger partial charge is 0.492 e. The Labute approximate surface area is 269 Å². The molecule has 0 atom stereocenters. The molecule has 1 aromatic heterocycles. The maximum atomic E-state index is 14.2. The molecule has 0 bridgehead atoms. The van der Waals surface area contributed by atoms with Gasteiger partial charge in [0.05, 0.1) is 18.4 Å². The number of carbonyl (C=O) groups is 2. The number of likely N-dealkylation sites (tertiary alicyclic amines) is 1. The van der Waals surface area contributed by atoms with Crippen LogP contribution in [0.25, 0.3) is 0 Å². The number of rotatable bonds is 4. The molecular formula is C37H40FN5O3. The highest BCUT2D eigenvalue weighted by Gasteiger charge is 2.37. The number of amides is 2. The molecule has 2 aliphatic rings. The van der Waals surface area contributed by atoms with Crippen LogP contribution in [0.3, 0.4) is 0 Å². The molecule has 0 radical (unpaired) electrons. The molecule has 0 N–H and O–H groups in total. The number of benzene rings is 3. The Hall–Kier alpha value is -4.79. The first-order valence-corrected chi connectivity index (χ1v) is 16.0. The zero-order valence-corrected chi connectivity index (χ0v) is 26.3. The Balaban J connectivity index is 1.27. The summed E-state index contributed by atoms with van der Waals surface area (Å²) in [5, 5.41) is 0. The normalized spacial score (nSPS) is 17.3. The van der Waals surface area contributed by atoms with Gasteiger partial charge >= 0.3 is 0 Å². The lowest BCUT2D eigenvalue weighted by Crippen LogP contribution is -2.46. The van der Waals surface area contributed by atoms with Crippen molar-refractivity contribution in [3.8, 4) is 5.75 Å². The Morgan fingerprint density at radius 2 is 1.70 bits per heavy atom. The fraction of sp³-hybridized carbons (Fsp3) is 0.351. The van der Waals surface area contributed by atoms with Crippen LogP contribution in [0.15, 0.2) is 91.4 Å². The van der Waals surface area contributed by atoms with E-state index in [-0.39, 0.29) is 17.2 Å². The fourth-order valence-electron chi connectivity index (χ4n) is 6.60. The van der Waals surface area contributed by atoms with Crippen LogP contribution in [0.5, 0.6) is 5.75 Å². The van der Waals surface area contributed by atoms with Gasteiger partial charge < -0.3 is 19.4 Å². The lowest BCUT2D eigenvalue weighted by atomic mass is 9.75. The second-order valence-corrected chi connectivity index (χ2v) is 12.5. The smallest absolute Gasteiger partial charge is 0.257 e. The third-order valence-electron chi connectivity index (χ3n) is 9.20. The lowest BCUT2D eigenvalue weighted by Gasteiger charge is -2.42. The molecular weight excluding hydrogens is 581 g/mol. The van der Waals surface area contributed by atoms with E-state index in [1.807, 2.05) is 64.4 Å². The van der Waals surface area contributed by atoms with Crippen LogP contribution in [-0.4, -0.2) is 70.9 Å². The molecule has 8 nitrogen and oxygen atoms in total. The van der Waals surface area contributed by atoms with Gasteiger partial charge in [0.25, 0.3) is 11.8 Å². The van der Waals surface area contributed by atoms with E-state index in [0.29, 0.717) is 56.2 Å². The van der Waals surface area contributed by atoms with Gasteiger partial charge in [-0.05, 0) is 74.1 Å². The number of ether oxygens (including phenoxy) is 1. The van der Waals surface area contributed by atoms with Gasteiger partial charge in [-0.1, -0.05) is 42.5 Å². The summed E-state index contributed by atoms with van der Waals surface area (Å²) in [4.78, 5) is 42.4. The van der Waals surface area contributed by atoms with E-state index in [1.54, 1.807) is 31.6 Å². The predicted molar refractivity (Wildman–Crippen MR) is 175 cm³/mol. The monoisotopic (exact) mass is 621 g/mol. The Kier molecular flexibility index (Phi) is 9.57. The molecule has 1 fully saturated rings. The second-order valence-electron chi connectivity index (χ2n) is 12.5. The van der Waals surface area contributed by atoms with Gasteiger partial charge in [-0.25, -0.2) is 9.37 Å². The average molecular weight is 622 g/mol. The number of piperidine rings is 1. The number of halogens is 1. The molecule has 3 aromatic carbocycles. The van der Waals surface area contributed by atoms with Crippen LogP contribution in [0.1, 0.15) is 57.5 Å². The Bertz CT molecular complexity index is 1620. The molecule has 4 aromatic rings. The molecule has 1 spiro atoms. The van der Waals surface area contributed by atoms with Crippen molar-refractivity contribution in [3.05, 3.63) is 119 Å². The maximum Gasteiger partial charge on any atom is 0.257 e. The van der Waals surface area contributed by atoms with Crippen molar-refractivity contribution >= 4 is 17.6 Å².